The summed E-state index contributed by atoms with van der Waals surface area (Å²) in [6.45, 7) is 0.640. The van der Waals surface area contributed by atoms with Gasteiger partial charge in [-0.05, 0) is 37.8 Å². The summed E-state index contributed by atoms with van der Waals surface area (Å²) in [4.78, 5) is 12.3. The molecule has 2 aliphatic rings. The summed E-state index contributed by atoms with van der Waals surface area (Å²) >= 11 is 0. The molecule has 0 aromatic heterocycles. The third kappa shape index (κ3) is 4.00. The number of benzene rings is 1. The number of hydrogen-bond acceptors (Lipinski definition) is 6. The molecule has 0 amide bonds. The second-order valence-corrected chi connectivity index (χ2v) is 8.34. The van der Waals surface area contributed by atoms with Crippen LogP contribution in [-0.2, 0) is 9.84 Å². The standard InChI is InChI=1S/C15H20N2O5S/c18-17(19)13-3-7-15(8-4-13)22-14-5-1-12(2-6-14)16-9-10-23(20,21)11-16/h3-4,7-8,12,14H,1-2,5-6,9-11H2. The maximum atomic E-state index is 11.6. The minimum absolute atomic E-state index is 0.0521. The van der Waals surface area contributed by atoms with E-state index in [1.165, 1.54) is 12.1 Å². The van der Waals surface area contributed by atoms with Crippen molar-refractivity contribution in [2.75, 3.05) is 18.2 Å². The van der Waals surface area contributed by atoms with E-state index in [9.17, 15) is 18.5 Å². The van der Waals surface area contributed by atoms with E-state index in [2.05, 4.69) is 4.90 Å². The minimum atomic E-state index is -2.88. The molecule has 1 aliphatic heterocycles. The van der Waals surface area contributed by atoms with Gasteiger partial charge in [0.15, 0.2) is 9.84 Å². The molecule has 0 spiro atoms. The SMILES string of the molecule is O=[N+]([O-])c1ccc(OC2CCC(N3CCS(=O)(=O)C3)CC2)cc1. The van der Waals surface area contributed by atoms with Gasteiger partial charge in [-0.25, -0.2) is 8.42 Å². The van der Waals surface area contributed by atoms with Gasteiger partial charge in [0.25, 0.3) is 5.69 Å². The van der Waals surface area contributed by atoms with Crippen molar-refractivity contribution in [1.29, 1.82) is 0 Å². The summed E-state index contributed by atoms with van der Waals surface area (Å²) in [6.07, 6.45) is 3.68. The molecule has 2 fully saturated rings. The zero-order valence-corrected chi connectivity index (χ0v) is 13.6. The molecule has 126 valence electrons. The van der Waals surface area contributed by atoms with Crippen molar-refractivity contribution in [3.63, 3.8) is 0 Å². The summed E-state index contributed by atoms with van der Waals surface area (Å²) in [7, 11) is -2.88. The predicted molar refractivity (Wildman–Crippen MR) is 85.1 cm³/mol. The molecule has 0 N–H and O–H groups in total. The van der Waals surface area contributed by atoms with Crippen LogP contribution in [0.15, 0.2) is 24.3 Å². The Balaban J connectivity index is 1.50. The summed E-state index contributed by atoms with van der Waals surface area (Å²) in [5.74, 6) is 1.10. The lowest BCUT2D eigenvalue weighted by Crippen LogP contribution is -2.39. The van der Waals surface area contributed by atoms with Gasteiger partial charge in [-0.3, -0.25) is 15.0 Å². The number of nitro benzene ring substituents is 1. The average molecular weight is 340 g/mol. The zero-order valence-electron chi connectivity index (χ0n) is 12.8. The van der Waals surface area contributed by atoms with E-state index >= 15 is 0 Å². The highest BCUT2D eigenvalue weighted by atomic mass is 32.2. The molecule has 1 aromatic carbocycles. The first kappa shape index (κ1) is 16.2. The van der Waals surface area contributed by atoms with E-state index in [1.807, 2.05) is 0 Å². The molecule has 8 heteroatoms. The van der Waals surface area contributed by atoms with Gasteiger partial charge in [-0.2, -0.15) is 0 Å². The fourth-order valence-corrected chi connectivity index (χ4v) is 4.78. The topological polar surface area (TPSA) is 89.8 Å². The molecule has 1 aromatic rings. The van der Waals surface area contributed by atoms with Gasteiger partial charge in [-0.15, -0.1) is 0 Å². The van der Waals surface area contributed by atoms with E-state index in [-0.39, 0.29) is 23.4 Å². The number of hydrogen-bond donors (Lipinski definition) is 0. The molecule has 3 rings (SSSR count). The van der Waals surface area contributed by atoms with Gasteiger partial charge in [0.05, 0.1) is 16.8 Å². The molecular weight excluding hydrogens is 320 g/mol. The Morgan fingerprint density at radius 3 is 2.30 bits per heavy atom. The maximum Gasteiger partial charge on any atom is 0.269 e. The second kappa shape index (κ2) is 6.45. The number of nitrogens with zero attached hydrogens (tertiary/aromatic N) is 2. The van der Waals surface area contributed by atoms with Gasteiger partial charge < -0.3 is 4.74 Å². The maximum absolute atomic E-state index is 11.6. The highest BCUT2D eigenvalue weighted by Gasteiger charge is 2.33. The van der Waals surface area contributed by atoms with Crippen LogP contribution in [0.3, 0.4) is 0 Å². The molecular formula is C15H20N2O5S. The van der Waals surface area contributed by atoms with Crippen LogP contribution in [0.1, 0.15) is 25.7 Å². The quantitative estimate of drug-likeness (QED) is 0.615. The molecule has 0 unspecified atom stereocenters. The minimum Gasteiger partial charge on any atom is -0.490 e. The van der Waals surface area contributed by atoms with Gasteiger partial charge in [0, 0.05) is 24.7 Å². The molecule has 1 saturated heterocycles. The van der Waals surface area contributed by atoms with Crippen molar-refractivity contribution < 1.29 is 18.1 Å². The summed E-state index contributed by atoms with van der Waals surface area (Å²) in [6, 6.07) is 6.45. The summed E-state index contributed by atoms with van der Waals surface area (Å²) in [5, 5.41) is 10.6. The largest absolute Gasteiger partial charge is 0.490 e. The monoisotopic (exact) mass is 340 g/mol. The van der Waals surface area contributed by atoms with Crippen molar-refractivity contribution >= 4 is 15.5 Å². The zero-order chi connectivity index (χ0) is 16.4. The average Bonchev–Trinajstić information content (AvgIpc) is 2.89. The van der Waals surface area contributed by atoms with Crippen LogP contribution in [0.5, 0.6) is 5.75 Å². The predicted octanol–water partition coefficient (Wildman–Crippen LogP) is 1.97. The lowest BCUT2D eigenvalue weighted by Gasteiger charge is -2.33. The van der Waals surface area contributed by atoms with Crippen LogP contribution >= 0.6 is 0 Å². The normalized spacial score (nSPS) is 27.7. The van der Waals surface area contributed by atoms with Crippen molar-refractivity contribution in [2.45, 2.75) is 37.8 Å². The van der Waals surface area contributed by atoms with E-state index in [1.54, 1.807) is 12.1 Å². The van der Waals surface area contributed by atoms with Crippen LogP contribution in [0.25, 0.3) is 0 Å². The van der Waals surface area contributed by atoms with Crippen LogP contribution < -0.4 is 4.74 Å². The van der Waals surface area contributed by atoms with Crippen molar-refractivity contribution in [3.05, 3.63) is 34.4 Å². The van der Waals surface area contributed by atoms with Crippen LogP contribution in [0.2, 0.25) is 0 Å². The first-order chi connectivity index (χ1) is 10.9. The van der Waals surface area contributed by atoms with Gasteiger partial charge in [-0.1, -0.05) is 0 Å². The van der Waals surface area contributed by atoms with Crippen molar-refractivity contribution in [2.24, 2.45) is 0 Å². The van der Waals surface area contributed by atoms with Crippen molar-refractivity contribution in [3.8, 4) is 5.75 Å². The Hall–Kier alpha value is -1.67. The molecule has 0 bridgehead atoms. The molecule has 7 nitrogen and oxygen atoms in total. The first-order valence-electron chi connectivity index (χ1n) is 7.78. The Morgan fingerprint density at radius 1 is 1.13 bits per heavy atom. The lowest BCUT2D eigenvalue weighted by molar-refractivity contribution is -0.384. The number of non-ortho nitro benzene ring substituents is 1. The van der Waals surface area contributed by atoms with E-state index in [0.717, 1.165) is 25.7 Å². The third-order valence-electron chi connectivity index (χ3n) is 4.56. The molecule has 1 saturated carbocycles. The molecule has 0 radical (unpaired) electrons. The Kier molecular flexibility index (Phi) is 4.54. The number of sulfone groups is 1. The van der Waals surface area contributed by atoms with Crippen LogP contribution in [-0.4, -0.2) is 48.6 Å². The van der Waals surface area contributed by atoms with E-state index in [4.69, 9.17) is 4.74 Å². The van der Waals surface area contributed by atoms with Gasteiger partial charge >= 0.3 is 0 Å². The Labute approximate surface area is 135 Å². The van der Waals surface area contributed by atoms with Gasteiger partial charge in [0.1, 0.15) is 11.6 Å². The fraction of sp³-hybridized carbons (Fsp3) is 0.600. The van der Waals surface area contributed by atoms with E-state index in [0.29, 0.717) is 18.3 Å². The summed E-state index contributed by atoms with van der Waals surface area (Å²) < 4.78 is 29.0. The Morgan fingerprint density at radius 2 is 1.78 bits per heavy atom. The fourth-order valence-electron chi connectivity index (χ4n) is 3.29. The number of ether oxygens (including phenoxy) is 1. The number of rotatable bonds is 4. The van der Waals surface area contributed by atoms with Crippen LogP contribution in [0, 0.1) is 10.1 Å². The smallest absolute Gasteiger partial charge is 0.269 e. The number of nitro groups is 1. The summed E-state index contributed by atoms with van der Waals surface area (Å²) in [5.41, 5.74) is 0.0521. The van der Waals surface area contributed by atoms with Gasteiger partial charge in [0.2, 0.25) is 0 Å². The van der Waals surface area contributed by atoms with Crippen LogP contribution in [0.4, 0.5) is 5.69 Å². The Bertz CT molecular complexity index is 666. The highest BCUT2D eigenvalue weighted by Crippen LogP contribution is 2.29. The van der Waals surface area contributed by atoms with Crippen molar-refractivity contribution in [1.82, 2.24) is 4.90 Å². The lowest BCUT2D eigenvalue weighted by atomic mass is 9.92. The molecule has 1 aliphatic carbocycles. The third-order valence-corrected chi connectivity index (χ3v) is 6.09. The van der Waals surface area contributed by atoms with E-state index < -0.39 is 14.8 Å². The second-order valence-electron chi connectivity index (χ2n) is 6.19. The molecule has 0 atom stereocenters. The molecule has 1 heterocycles. The highest BCUT2D eigenvalue weighted by molar-refractivity contribution is 7.91. The molecule has 23 heavy (non-hydrogen) atoms. The first-order valence-corrected chi connectivity index (χ1v) is 9.61.